The average Bonchev–Trinajstić information content (AvgIpc) is 2.77. The fraction of sp³-hybridized carbons (Fsp3) is 0.273. The molecule has 0 fully saturated rings. The van der Waals surface area contributed by atoms with Crippen molar-refractivity contribution in [3.8, 4) is 5.69 Å². The molecule has 1 heterocycles. The Bertz CT molecular complexity index is 580. The van der Waals surface area contributed by atoms with Crippen LogP contribution in [0.1, 0.15) is 11.3 Å². The van der Waals surface area contributed by atoms with Gasteiger partial charge in [-0.15, -0.1) is 5.10 Å². The molecule has 0 saturated heterocycles. The van der Waals surface area contributed by atoms with Crippen LogP contribution in [0.4, 0.5) is 13.2 Å². The van der Waals surface area contributed by atoms with Gasteiger partial charge < -0.3 is 5.32 Å². The van der Waals surface area contributed by atoms with Gasteiger partial charge in [0.25, 0.3) is 0 Å². The van der Waals surface area contributed by atoms with Gasteiger partial charge in [-0.25, -0.2) is 4.68 Å². The van der Waals surface area contributed by atoms with Crippen molar-refractivity contribution in [3.63, 3.8) is 0 Å². The highest BCUT2D eigenvalue weighted by molar-refractivity contribution is 6.31. The normalized spacial score (nSPS) is 11.8. The number of hydrogen-bond acceptors (Lipinski definition) is 3. The Labute approximate surface area is 112 Å². The molecule has 19 heavy (non-hydrogen) atoms. The fourth-order valence-electron chi connectivity index (χ4n) is 1.64. The van der Waals surface area contributed by atoms with Crippen molar-refractivity contribution in [1.29, 1.82) is 0 Å². The van der Waals surface area contributed by atoms with Gasteiger partial charge in [0.05, 0.1) is 28.2 Å². The summed E-state index contributed by atoms with van der Waals surface area (Å²) in [4.78, 5) is 0. The molecule has 0 aliphatic carbocycles. The lowest BCUT2D eigenvalue weighted by molar-refractivity contribution is -0.137. The highest BCUT2D eigenvalue weighted by Crippen LogP contribution is 2.35. The van der Waals surface area contributed by atoms with E-state index in [1.165, 1.54) is 23.0 Å². The summed E-state index contributed by atoms with van der Waals surface area (Å²) < 4.78 is 39.7. The molecule has 0 atom stereocenters. The minimum absolute atomic E-state index is 0.263. The number of halogens is 4. The quantitative estimate of drug-likeness (QED) is 0.945. The summed E-state index contributed by atoms with van der Waals surface area (Å²) in [5.74, 6) is 0. The number of hydrogen-bond donors (Lipinski definition) is 1. The topological polar surface area (TPSA) is 42.7 Å². The van der Waals surface area contributed by atoms with Crippen molar-refractivity contribution in [1.82, 2.24) is 20.3 Å². The Morgan fingerprint density at radius 1 is 1.37 bits per heavy atom. The molecule has 1 N–H and O–H groups in total. The first kappa shape index (κ1) is 13.8. The van der Waals surface area contributed by atoms with Gasteiger partial charge in [0.15, 0.2) is 0 Å². The first-order valence-electron chi connectivity index (χ1n) is 5.35. The van der Waals surface area contributed by atoms with E-state index in [9.17, 15) is 13.2 Å². The lowest BCUT2D eigenvalue weighted by Gasteiger charge is -2.12. The highest BCUT2D eigenvalue weighted by Gasteiger charge is 2.33. The summed E-state index contributed by atoms with van der Waals surface area (Å²) in [6.07, 6.45) is -3.02. The minimum Gasteiger partial charge on any atom is -0.314 e. The number of nitrogens with zero attached hydrogens (tertiary/aromatic N) is 3. The Morgan fingerprint density at radius 3 is 2.74 bits per heavy atom. The molecule has 0 spiro atoms. The maximum absolute atomic E-state index is 12.8. The van der Waals surface area contributed by atoms with Crippen LogP contribution in [0, 0.1) is 0 Å². The molecule has 4 nitrogen and oxygen atoms in total. The lowest BCUT2D eigenvalue weighted by atomic mass is 10.2. The molecular formula is C11H10ClF3N4. The van der Waals surface area contributed by atoms with E-state index in [1.54, 1.807) is 7.05 Å². The Hall–Kier alpha value is -1.60. The number of aromatic nitrogens is 3. The summed E-state index contributed by atoms with van der Waals surface area (Å²) in [5, 5.41) is 10.0. The molecule has 102 valence electrons. The van der Waals surface area contributed by atoms with E-state index in [2.05, 4.69) is 15.6 Å². The molecule has 0 bridgehead atoms. The molecule has 0 radical (unpaired) electrons. The second-order valence-electron chi connectivity index (χ2n) is 3.83. The molecule has 2 rings (SSSR count). The largest absolute Gasteiger partial charge is 0.417 e. The summed E-state index contributed by atoms with van der Waals surface area (Å²) in [6, 6.07) is 3.62. The SMILES string of the molecule is CNCc1cnnn1-c1ccc(Cl)c(C(F)(F)F)c1. The molecule has 0 aliphatic heterocycles. The average molecular weight is 291 g/mol. The van der Waals surface area contributed by atoms with Gasteiger partial charge in [0, 0.05) is 6.54 Å². The third-order valence-corrected chi connectivity index (χ3v) is 2.81. The standard InChI is InChI=1S/C11H10ClF3N4/c1-16-5-8-6-17-18-19(8)7-2-3-10(12)9(4-7)11(13,14)15/h2-4,6,16H,5H2,1H3. The zero-order valence-corrected chi connectivity index (χ0v) is 10.6. The predicted octanol–water partition coefficient (Wildman–Crippen LogP) is 2.66. The van der Waals surface area contributed by atoms with Gasteiger partial charge in [0.1, 0.15) is 0 Å². The van der Waals surface area contributed by atoms with Crippen molar-refractivity contribution >= 4 is 11.6 Å². The zero-order chi connectivity index (χ0) is 14.0. The van der Waals surface area contributed by atoms with Crippen LogP contribution < -0.4 is 5.32 Å². The molecule has 0 unspecified atom stereocenters. The van der Waals surface area contributed by atoms with E-state index in [0.29, 0.717) is 12.2 Å². The maximum Gasteiger partial charge on any atom is 0.417 e. The van der Waals surface area contributed by atoms with Crippen LogP contribution in [-0.2, 0) is 12.7 Å². The van der Waals surface area contributed by atoms with Crippen LogP contribution in [-0.4, -0.2) is 22.0 Å². The summed E-state index contributed by atoms with van der Waals surface area (Å²) in [7, 11) is 1.72. The van der Waals surface area contributed by atoms with E-state index < -0.39 is 11.7 Å². The van der Waals surface area contributed by atoms with E-state index in [0.717, 1.165) is 6.07 Å². The second-order valence-corrected chi connectivity index (χ2v) is 4.24. The molecule has 0 saturated carbocycles. The Morgan fingerprint density at radius 2 is 2.11 bits per heavy atom. The number of nitrogens with one attached hydrogen (secondary N) is 1. The Kier molecular flexibility index (Phi) is 3.77. The number of rotatable bonds is 3. The summed E-state index contributed by atoms with van der Waals surface area (Å²) in [5.41, 5.74) is 0.0231. The molecule has 1 aromatic carbocycles. The van der Waals surface area contributed by atoms with Crippen LogP contribution in [0.3, 0.4) is 0 Å². The zero-order valence-electron chi connectivity index (χ0n) is 9.87. The summed E-state index contributed by atoms with van der Waals surface area (Å²) in [6.45, 7) is 0.441. The first-order valence-corrected chi connectivity index (χ1v) is 5.72. The first-order chi connectivity index (χ1) is 8.93. The fourth-order valence-corrected chi connectivity index (χ4v) is 1.86. The van der Waals surface area contributed by atoms with E-state index in [1.807, 2.05) is 0 Å². The summed E-state index contributed by atoms with van der Waals surface area (Å²) >= 11 is 5.57. The third kappa shape index (κ3) is 2.87. The molecule has 1 aromatic heterocycles. The molecular weight excluding hydrogens is 281 g/mol. The van der Waals surface area contributed by atoms with Crippen LogP contribution in [0.15, 0.2) is 24.4 Å². The van der Waals surface area contributed by atoms with Crippen molar-refractivity contribution in [3.05, 3.63) is 40.7 Å². The van der Waals surface area contributed by atoms with Crippen LogP contribution in [0.25, 0.3) is 5.69 Å². The van der Waals surface area contributed by atoms with E-state index in [4.69, 9.17) is 11.6 Å². The molecule has 0 aliphatic rings. The van der Waals surface area contributed by atoms with Crippen molar-refractivity contribution in [2.24, 2.45) is 0 Å². The Balaban J connectivity index is 2.49. The van der Waals surface area contributed by atoms with Gasteiger partial charge in [-0.1, -0.05) is 16.8 Å². The van der Waals surface area contributed by atoms with Gasteiger partial charge in [-0.05, 0) is 25.2 Å². The van der Waals surface area contributed by atoms with Crippen LogP contribution >= 0.6 is 11.6 Å². The van der Waals surface area contributed by atoms with E-state index in [-0.39, 0.29) is 10.7 Å². The van der Waals surface area contributed by atoms with Crippen molar-refractivity contribution in [2.75, 3.05) is 7.05 Å². The second kappa shape index (κ2) is 5.18. The predicted molar refractivity (Wildman–Crippen MR) is 64.1 cm³/mol. The van der Waals surface area contributed by atoms with Gasteiger partial charge in [0.2, 0.25) is 0 Å². The number of benzene rings is 1. The van der Waals surface area contributed by atoms with Crippen molar-refractivity contribution in [2.45, 2.75) is 12.7 Å². The minimum atomic E-state index is -4.50. The van der Waals surface area contributed by atoms with Crippen LogP contribution in [0.2, 0.25) is 5.02 Å². The third-order valence-electron chi connectivity index (χ3n) is 2.48. The van der Waals surface area contributed by atoms with Crippen molar-refractivity contribution < 1.29 is 13.2 Å². The smallest absolute Gasteiger partial charge is 0.314 e. The lowest BCUT2D eigenvalue weighted by Crippen LogP contribution is -2.12. The van der Waals surface area contributed by atoms with Gasteiger partial charge in [-0.2, -0.15) is 13.2 Å². The van der Waals surface area contributed by atoms with E-state index >= 15 is 0 Å². The monoisotopic (exact) mass is 290 g/mol. The highest BCUT2D eigenvalue weighted by atomic mass is 35.5. The van der Waals surface area contributed by atoms with Crippen LogP contribution in [0.5, 0.6) is 0 Å². The molecule has 8 heteroatoms. The molecule has 0 amide bonds. The molecule has 2 aromatic rings. The maximum atomic E-state index is 12.8. The van der Waals surface area contributed by atoms with Gasteiger partial charge >= 0.3 is 6.18 Å². The van der Waals surface area contributed by atoms with Gasteiger partial charge in [-0.3, -0.25) is 0 Å². The number of alkyl halides is 3.